The summed E-state index contributed by atoms with van der Waals surface area (Å²) in [4.78, 5) is 39.4. The predicted octanol–water partition coefficient (Wildman–Crippen LogP) is 1.78. The molecule has 1 aromatic rings. The van der Waals surface area contributed by atoms with Gasteiger partial charge in [-0.05, 0) is 45.6 Å². The lowest BCUT2D eigenvalue weighted by molar-refractivity contribution is -0.127. The zero-order valence-electron chi connectivity index (χ0n) is 18.5. The van der Waals surface area contributed by atoms with Gasteiger partial charge < -0.3 is 20.5 Å². The van der Waals surface area contributed by atoms with Crippen molar-refractivity contribution in [1.29, 1.82) is 0 Å². The van der Waals surface area contributed by atoms with E-state index in [-0.39, 0.29) is 30.3 Å². The fourth-order valence-corrected chi connectivity index (χ4v) is 4.26. The summed E-state index contributed by atoms with van der Waals surface area (Å²) in [5.41, 5.74) is 0.388. The zero-order valence-corrected chi connectivity index (χ0v) is 18.5. The molecular formula is C23H33N3O5. The van der Waals surface area contributed by atoms with Gasteiger partial charge >= 0.3 is 6.09 Å². The zero-order chi connectivity index (χ0) is 22.6. The molecule has 0 spiro atoms. The lowest BCUT2D eigenvalue weighted by Crippen LogP contribution is -2.51. The van der Waals surface area contributed by atoms with Gasteiger partial charge in [-0.1, -0.05) is 30.3 Å². The van der Waals surface area contributed by atoms with Gasteiger partial charge in [0.15, 0.2) is 0 Å². The molecule has 2 fully saturated rings. The maximum absolute atomic E-state index is 13.2. The number of nitrogens with one attached hydrogen (secondary N) is 2. The van der Waals surface area contributed by atoms with E-state index in [1.54, 1.807) is 20.8 Å². The van der Waals surface area contributed by atoms with Crippen molar-refractivity contribution in [3.8, 4) is 0 Å². The van der Waals surface area contributed by atoms with Crippen molar-refractivity contribution in [3.05, 3.63) is 35.9 Å². The van der Waals surface area contributed by atoms with Crippen LogP contribution in [0, 0.1) is 5.92 Å². The molecule has 0 unspecified atom stereocenters. The molecular weight excluding hydrogens is 398 g/mol. The molecule has 2 saturated heterocycles. The van der Waals surface area contributed by atoms with Crippen LogP contribution in [0.25, 0.3) is 0 Å². The lowest BCUT2D eigenvalue weighted by Gasteiger charge is -2.29. The molecule has 3 N–H and O–H groups in total. The van der Waals surface area contributed by atoms with Gasteiger partial charge in [0, 0.05) is 24.9 Å². The van der Waals surface area contributed by atoms with Crippen LogP contribution in [0.1, 0.15) is 51.5 Å². The molecule has 3 amide bonds. The van der Waals surface area contributed by atoms with E-state index in [0.717, 1.165) is 5.56 Å². The molecule has 2 heterocycles. The molecule has 170 valence electrons. The van der Waals surface area contributed by atoms with Crippen molar-refractivity contribution >= 4 is 17.9 Å². The van der Waals surface area contributed by atoms with Crippen LogP contribution < -0.4 is 10.6 Å². The van der Waals surface area contributed by atoms with Crippen molar-refractivity contribution in [1.82, 2.24) is 15.5 Å². The van der Waals surface area contributed by atoms with E-state index in [0.29, 0.717) is 32.4 Å². The first kappa shape index (κ1) is 23.1. The minimum atomic E-state index is -0.702. The van der Waals surface area contributed by atoms with Crippen LogP contribution in [0.5, 0.6) is 0 Å². The summed E-state index contributed by atoms with van der Waals surface area (Å²) in [5.74, 6) is -0.590. The summed E-state index contributed by atoms with van der Waals surface area (Å²) in [7, 11) is 0. The molecule has 0 bridgehead atoms. The van der Waals surface area contributed by atoms with Gasteiger partial charge in [-0.25, -0.2) is 4.79 Å². The molecule has 4 atom stereocenters. The summed E-state index contributed by atoms with van der Waals surface area (Å²) in [5, 5.41) is 15.4. The van der Waals surface area contributed by atoms with Gasteiger partial charge in [-0.15, -0.1) is 0 Å². The highest BCUT2D eigenvalue weighted by Gasteiger charge is 2.42. The highest BCUT2D eigenvalue weighted by atomic mass is 16.6. The Labute approximate surface area is 183 Å². The summed E-state index contributed by atoms with van der Waals surface area (Å²) in [6, 6.07) is 8.55. The molecule has 8 heteroatoms. The summed E-state index contributed by atoms with van der Waals surface area (Å²) in [6.45, 7) is 6.10. The number of carbonyl (C=O) groups excluding carboxylic acids is 3. The Morgan fingerprint density at radius 3 is 2.58 bits per heavy atom. The van der Waals surface area contributed by atoms with Crippen LogP contribution in [0.4, 0.5) is 4.79 Å². The third-order valence-corrected chi connectivity index (χ3v) is 5.80. The maximum atomic E-state index is 13.2. The second-order valence-corrected chi connectivity index (χ2v) is 9.39. The smallest absolute Gasteiger partial charge is 0.410 e. The SMILES string of the molecule is CC(C)(C)OC(=O)N1C[C@H](c2ccccc2)C[C@H]1C(=O)N[C@H](CO)C[C@@H]1CCNC1=O. The van der Waals surface area contributed by atoms with E-state index in [1.165, 1.54) is 4.90 Å². The van der Waals surface area contributed by atoms with Crippen LogP contribution in [0.3, 0.4) is 0 Å². The molecule has 3 rings (SSSR count). The molecule has 0 aliphatic carbocycles. The van der Waals surface area contributed by atoms with Crippen molar-refractivity contribution < 1.29 is 24.2 Å². The van der Waals surface area contributed by atoms with Crippen LogP contribution in [0.2, 0.25) is 0 Å². The number of likely N-dealkylation sites (tertiary alicyclic amines) is 1. The summed E-state index contributed by atoms with van der Waals surface area (Å²) >= 11 is 0. The quantitative estimate of drug-likeness (QED) is 0.636. The first-order valence-corrected chi connectivity index (χ1v) is 10.9. The highest BCUT2D eigenvalue weighted by Crippen LogP contribution is 2.33. The van der Waals surface area contributed by atoms with Gasteiger partial charge in [0.05, 0.1) is 12.6 Å². The molecule has 31 heavy (non-hydrogen) atoms. The highest BCUT2D eigenvalue weighted by molar-refractivity contribution is 5.87. The second kappa shape index (κ2) is 9.68. The number of carbonyl (C=O) groups is 3. The second-order valence-electron chi connectivity index (χ2n) is 9.39. The molecule has 0 aromatic heterocycles. The van der Waals surface area contributed by atoms with Crippen molar-refractivity contribution in [2.75, 3.05) is 19.7 Å². The van der Waals surface area contributed by atoms with Gasteiger partial charge in [-0.3, -0.25) is 14.5 Å². The van der Waals surface area contributed by atoms with Crippen LogP contribution in [0.15, 0.2) is 30.3 Å². The fraction of sp³-hybridized carbons (Fsp3) is 0.609. The van der Waals surface area contributed by atoms with Crippen molar-refractivity contribution in [2.24, 2.45) is 5.92 Å². The standard InChI is InChI=1S/C23H33N3O5/c1-23(2,3)31-22(30)26-13-17(15-7-5-4-6-8-15)12-19(26)21(29)25-18(14-27)11-16-9-10-24-20(16)28/h4-8,16-19,27H,9-14H2,1-3H3,(H,24,28)(H,25,29)/t16-,17+,18-,19-/m0/s1. The number of amides is 3. The number of benzene rings is 1. The Hall–Kier alpha value is -2.61. The third-order valence-electron chi connectivity index (χ3n) is 5.80. The van der Waals surface area contributed by atoms with Crippen molar-refractivity contribution in [3.63, 3.8) is 0 Å². The number of hydrogen-bond donors (Lipinski definition) is 3. The normalized spacial score (nSPS) is 24.6. The topological polar surface area (TPSA) is 108 Å². The van der Waals surface area contributed by atoms with E-state index in [2.05, 4.69) is 10.6 Å². The number of nitrogens with zero attached hydrogens (tertiary/aromatic N) is 1. The molecule has 8 nitrogen and oxygen atoms in total. The van der Waals surface area contributed by atoms with Crippen LogP contribution in [-0.4, -0.2) is 65.3 Å². The van der Waals surface area contributed by atoms with E-state index in [1.807, 2.05) is 30.3 Å². The first-order chi connectivity index (χ1) is 14.7. The lowest BCUT2D eigenvalue weighted by atomic mass is 9.95. The monoisotopic (exact) mass is 431 g/mol. The van der Waals surface area contributed by atoms with E-state index in [9.17, 15) is 19.5 Å². The number of hydrogen-bond acceptors (Lipinski definition) is 5. The Morgan fingerprint density at radius 1 is 1.29 bits per heavy atom. The summed E-state index contributed by atoms with van der Waals surface area (Å²) in [6.07, 6.45) is 1.00. The van der Waals surface area contributed by atoms with Gasteiger partial charge in [0.2, 0.25) is 11.8 Å². The minimum absolute atomic E-state index is 0.0117. The van der Waals surface area contributed by atoms with E-state index < -0.39 is 23.8 Å². The maximum Gasteiger partial charge on any atom is 0.410 e. The molecule has 0 radical (unpaired) electrons. The minimum Gasteiger partial charge on any atom is -0.444 e. The Kier molecular flexibility index (Phi) is 7.20. The van der Waals surface area contributed by atoms with Crippen LogP contribution in [-0.2, 0) is 14.3 Å². The average molecular weight is 432 g/mol. The van der Waals surface area contributed by atoms with Gasteiger partial charge in [0.1, 0.15) is 11.6 Å². The molecule has 1 aromatic carbocycles. The number of aliphatic hydroxyl groups is 1. The largest absolute Gasteiger partial charge is 0.444 e. The fourth-order valence-electron chi connectivity index (χ4n) is 4.26. The first-order valence-electron chi connectivity index (χ1n) is 10.9. The number of ether oxygens (including phenoxy) is 1. The Morgan fingerprint density at radius 2 is 2.00 bits per heavy atom. The third kappa shape index (κ3) is 5.97. The van der Waals surface area contributed by atoms with E-state index in [4.69, 9.17) is 4.74 Å². The van der Waals surface area contributed by atoms with Crippen molar-refractivity contribution in [2.45, 2.75) is 63.6 Å². The number of rotatable bonds is 6. The Bertz CT molecular complexity index is 792. The van der Waals surface area contributed by atoms with E-state index >= 15 is 0 Å². The molecule has 2 aliphatic heterocycles. The van der Waals surface area contributed by atoms with Gasteiger partial charge in [0.25, 0.3) is 0 Å². The van der Waals surface area contributed by atoms with Gasteiger partial charge in [-0.2, -0.15) is 0 Å². The summed E-state index contributed by atoms with van der Waals surface area (Å²) < 4.78 is 5.54. The molecule has 0 saturated carbocycles. The Balaban J connectivity index is 1.72. The van der Waals surface area contributed by atoms with Crippen LogP contribution >= 0.6 is 0 Å². The molecule has 2 aliphatic rings. The average Bonchev–Trinajstić information content (AvgIpc) is 3.33. The number of aliphatic hydroxyl groups excluding tert-OH is 1. The predicted molar refractivity (Wildman–Crippen MR) is 115 cm³/mol.